The first-order chi connectivity index (χ1) is 16.8. The summed E-state index contributed by atoms with van der Waals surface area (Å²) in [5.74, 6) is -0.549. The first-order valence-corrected chi connectivity index (χ1v) is 11.3. The number of ether oxygens (including phenoxy) is 2. The van der Waals surface area contributed by atoms with Gasteiger partial charge in [0.15, 0.2) is 11.5 Å². The Morgan fingerprint density at radius 3 is 2.71 bits per heavy atom. The Balaban J connectivity index is 1.67. The second-order valence-electron chi connectivity index (χ2n) is 7.26. The van der Waals surface area contributed by atoms with E-state index in [1.54, 1.807) is 42.5 Å². The molecule has 0 atom stereocenters. The lowest BCUT2D eigenvalue weighted by Gasteiger charge is -2.15. The molecular weight excluding hydrogens is 542 g/mol. The topological polar surface area (TPSA) is 123 Å². The molecule has 0 aliphatic carbocycles. The van der Waals surface area contributed by atoms with Crippen molar-refractivity contribution in [2.75, 3.05) is 7.11 Å². The minimum absolute atomic E-state index is 0.0406. The van der Waals surface area contributed by atoms with Gasteiger partial charge in [-0.3, -0.25) is 4.79 Å². The van der Waals surface area contributed by atoms with Crippen molar-refractivity contribution in [3.8, 4) is 11.5 Å². The lowest BCUT2D eigenvalue weighted by atomic mass is 10.1. The van der Waals surface area contributed by atoms with E-state index in [4.69, 9.17) is 26.2 Å². The van der Waals surface area contributed by atoms with Gasteiger partial charge in [-0.15, -0.1) is 4.68 Å². The van der Waals surface area contributed by atoms with Crippen molar-refractivity contribution in [3.05, 3.63) is 102 Å². The van der Waals surface area contributed by atoms with Crippen LogP contribution >= 0.6 is 27.5 Å². The number of para-hydroxylation sites is 1. The monoisotopic (exact) mass is 557 g/mol. The summed E-state index contributed by atoms with van der Waals surface area (Å²) < 4.78 is 12.3. The molecule has 1 aromatic heterocycles. The van der Waals surface area contributed by atoms with Gasteiger partial charge in [-0.05, 0) is 51.8 Å². The van der Waals surface area contributed by atoms with E-state index in [-0.39, 0.29) is 28.7 Å². The third-order valence-electron chi connectivity index (χ3n) is 5.03. The summed E-state index contributed by atoms with van der Waals surface area (Å²) in [6.45, 7) is 0.0406. The van der Waals surface area contributed by atoms with Gasteiger partial charge in [-0.2, -0.15) is 5.10 Å². The van der Waals surface area contributed by atoms with E-state index in [9.17, 15) is 14.4 Å². The fourth-order valence-electron chi connectivity index (χ4n) is 3.31. The molecule has 0 fully saturated rings. The number of benzene rings is 3. The molecule has 0 spiro atoms. The quantitative estimate of drug-likeness (QED) is 0.327. The van der Waals surface area contributed by atoms with E-state index in [0.717, 1.165) is 4.68 Å². The van der Waals surface area contributed by atoms with Crippen LogP contribution in [0.4, 0.5) is 0 Å². The number of aromatic carboxylic acids is 1. The number of methoxy groups -OCH3 is 1. The van der Waals surface area contributed by atoms with Crippen LogP contribution in [0.15, 0.2) is 73.8 Å². The smallest absolute Gasteiger partial charge is 0.349 e. The van der Waals surface area contributed by atoms with E-state index in [0.29, 0.717) is 26.5 Å². The molecule has 3 aromatic carbocycles. The molecule has 0 aliphatic rings. The summed E-state index contributed by atoms with van der Waals surface area (Å²) in [5, 5.41) is 13.7. The highest BCUT2D eigenvalue weighted by atomic mass is 79.9. The lowest BCUT2D eigenvalue weighted by molar-refractivity contribution is 0.0696. The lowest BCUT2D eigenvalue weighted by Crippen LogP contribution is -2.32. The first kappa shape index (κ1) is 24.2. The zero-order chi connectivity index (χ0) is 25.1. The highest BCUT2D eigenvalue weighted by molar-refractivity contribution is 9.10. The van der Waals surface area contributed by atoms with Crippen LogP contribution in [0.3, 0.4) is 0 Å². The number of aromatic amines is 1. The van der Waals surface area contributed by atoms with Gasteiger partial charge in [-0.1, -0.05) is 35.9 Å². The molecule has 2 N–H and O–H groups in total. The fraction of sp³-hybridized carbons (Fsp3) is 0.0833. The molecule has 11 heteroatoms. The van der Waals surface area contributed by atoms with Gasteiger partial charge in [0.1, 0.15) is 11.6 Å². The van der Waals surface area contributed by atoms with Gasteiger partial charge in [0.2, 0.25) is 0 Å². The number of H-pyrrole nitrogens is 1. The zero-order valence-corrected chi connectivity index (χ0v) is 20.5. The number of carboxylic acids is 1. The highest BCUT2D eigenvalue weighted by Gasteiger charge is 2.18. The molecule has 1 heterocycles. The number of aromatic nitrogens is 2. The Kier molecular flexibility index (Phi) is 7.04. The number of halogens is 2. The Hall–Kier alpha value is -3.89. The van der Waals surface area contributed by atoms with Crippen molar-refractivity contribution in [1.29, 1.82) is 0 Å². The van der Waals surface area contributed by atoms with Crippen molar-refractivity contribution in [2.45, 2.75) is 6.61 Å². The predicted octanol–water partition coefficient (Wildman–Crippen LogP) is 4.27. The van der Waals surface area contributed by atoms with E-state index in [1.807, 2.05) is 0 Å². The Bertz CT molecular complexity index is 1590. The molecule has 9 nitrogen and oxygen atoms in total. The third kappa shape index (κ3) is 4.98. The van der Waals surface area contributed by atoms with E-state index < -0.39 is 17.2 Å². The predicted molar refractivity (Wildman–Crippen MR) is 135 cm³/mol. The number of rotatable bonds is 7. The van der Waals surface area contributed by atoms with E-state index >= 15 is 0 Å². The van der Waals surface area contributed by atoms with Crippen molar-refractivity contribution in [3.63, 3.8) is 0 Å². The number of carboxylic acid groups (broad SMARTS) is 1. The summed E-state index contributed by atoms with van der Waals surface area (Å²) in [6, 6.07) is 14.5. The largest absolute Gasteiger partial charge is 0.493 e. The molecule has 0 bridgehead atoms. The fourth-order valence-corrected chi connectivity index (χ4v) is 3.97. The van der Waals surface area contributed by atoms with Crippen LogP contribution in [0.1, 0.15) is 21.5 Å². The summed E-state index contributed by atoms with van der Waals surface area (Å²) in [5.41, 5.74) is 0.332. The number of nitrogens with zero attached hydrogens (tertiary/aromatic N) is 2. The maximum atomic E-state index is 12.7. The van der Waals surface area contributed by atoms with Gasteiger partial charge >= 0.3 is 11.7 Å². The number of hydrogen-bond acceptors (Lipinski definition) is 6. The molecule has 0 unspecified atom stereocenters. The Labute approximate surface area is 211 Å². The van der Waals surface area contributed by atoms with Crippen molar-refractivity contribution in [2.24, 2.45) is 5.10 Å². The number of hydrogen-bond donors (Lipinski definition) is 2. The third-order valence-corrected chi connectivity index (χ3v) is 6.47. The minimum Gasteiger partial charge on any atom is -0.493 e. The van der Waals surface area contributed by atoms with Crippen molar-refractivity contribution in [1.82, 2.24) is 9.66 Å². The second-order valence-corrected chi connectivity index (χ2v) is 8.43. The molecule has 4 aromatic rings. The number of fused-ring (bicyclic) bond motifs is 1. The Morgan fingerprint density at radius 1 is 1.20 bits per heavy atom. The van der Waals surface area contributed by atoms with Crippen molar-refractivity contribution < 1.29 is 19.4 Å². The molecular formula is C24H17BrClN3O6. The molecule has 35 heavy (non-hydrogen) atoms. The molecule has 178 valence electrons. The maximum absolute atomic E-state index is 12.7. The van der Waals surface area contributed by atoms with Gasteiger partial charge < -0.3 is 19.6 Å². The van der Waals surface area contributed by atoms with E-state index in [1.165, 1.54) is 25.5 Å². The van der Waals surface area contributed by atoms with Gasteiger partial charge in [-0.25, -0.2) is 9.59 Å². The standard InChI is InChI=1S/C24H17BrClN3O6/c1-34-18-10-15(11-27-29-22(30)16-7-2-3-8-17(16)28-24(29)33)19(25)20(26)21(18)35-12-13-5-4-6-14(9-13)23(31)32/h2-11H,12H2,1H3,(H,28,33)(H,31,32). The number of carbonyl (C=O) groups is 1. The van der Waals surface area contributed by atoms with Crippen LogP contribution in [0.2, 0.25) is 5.02 Å². The van der Waals surface area contributed by atoms with E-state index in [2.05, 4.69) is 26.0 Å². The zero-order valence-electron chi connectivity index (χ0n) is 18.1. The number of nitrogens with one attached hydrogen (secondary N) is 1. The van der Waals surface area contributed by atoms with Crippen LogP contribution < -0.4 is 20.7 Å². The Morgan fingerprint density at radius 2 is 1.97 bits per heavy atom. The van der Waals surface area contributed by atoms with Crippen LogP contribution in [0.25, 0.3) is 10.9 Å². The average molecular weight is 559 g/mol. The second kappa shape index (κ2) is 10.2. The summed E-state index contributed by atoms with van der Waals surface area (Å²) >= 11 is 9.90. The maximum Gasteiger partial charge on any atom is 0.349 e. The summed E-state index contributed by atoms with van der Waals surface area (Å²) in [7, 11) is 1.43. The van der Waals surface area contributed by atoms with Gasteiger partial charge in [0.25, 0.3) is 5.56 Å². The molecule has 0 aliphatic heterocycles. The normalized spacial score (nSPS) is 11.2. The van der Waals surface area contributed by atoms with Gasteiger partial charge in [0, 0.05) is 10.0 Å². The molecule has 4 rings (SSSR count). The summed E-state index contributed by atoms with van der Waals surface area (Å²) in [4.78, 5) is 38.9. The van der Waals surface area contributed by atoms with Crippen LogP contribution in [0.5, 0.6) is 11.5 Å². The highest BCUT2D eigenvalue weighted by Crippen LogP contribution is 2.42. The molecule has 0 amide bonds. The van der Waals surface area contributed by atoms with Gasteiger partial charge in [0.05, 0.1) is 29.8 Å². The first-order valence-electron chi connectivity index (χ1n) is 10.1. The van der Waals surface area contributed by atoms with Crippen molar-refractivity contribution >= 4 is 50.6 Å². The average Bonchev–Trinajstić information content (AvgIpc) is 2.85. The summed E-state index contributed by atoms with van der Waals surface area (Å²) in [6.07, 6.45) is 1.30. The molecule has 0 saturated carbocycles. The van der Waals surface area contributed by atoms with Crippen LogP contribution in [0, 0.1) is 0 Å². The molecule has 0 saturated heterocycles. The van der Waals surface area contributed by atoms with Crippen LogP contribution in [-0.4, -0.2) is 34.1 Å². The SMILES string of the molecule is COc1cc(C=Nn2c(=O)[nH]c3ccccc3c2=O)c(Br)c(Cl)c1OCc1cccc(C(=O)O)c1. The van der Waals surface area contributed by atoms with Crippen LogP contribution in [-0.2, 0) is 6.61 Å². The molecule has 0 radical (unpaired) electrons. The minimum atomic E-state index is -1.04.